The van der Waals surface area contributed by atoms with Gasteiger partial charge in [-0.15, -0.1) is 0 Å². The molecule has 1 saturated carbocycles. The summed E-state index contributed by atoms with van der Waals surface area (Å²) in [4.78, 5) is 38.6. The third kappa shape index (κ3) is 6.94. The van der Waals surface area contributed by atoms with Crippen molar-refractivity contribution < 1.29 is 24.0 Å². The SMILES string of the molecule is CC[C@H](C(=O)NC1CCCC1)N(Cc1ccc(C)cc1)C(=O)COc1ccc([N+](=O)[O-])c(OC)c1. The molecule has 1 atom stereocenters. The quantitative estimate of drug-likeness (QED) is 0.380. The van der Waals surface area contributed by atoms with Gasteiger partial charge in [-0.2, -0.15) is 0 Å². The first-order chi connectivity index (χ1) is 16.8. The lowest BCUT2D eigenvalue weighted by Crippen LogP contribution is -2.52. The van der Waals surface area contributed by atoms with E-state index in [4.69, 9.17) is 9.47 Å². The van der Waals surface area contributed by atoms with Gasteiger partial charge in [-0.3, -0.25) is 19.7 Å². The molecule has 35 heavy (non-hydrogen) atoms. The number of ether oxygens (including phenoxy) is 2. The number of carbonyl (C=O) groups is 2. The van der Waals surface area contributed by atoms with Crippen LogP contribution in [0.15, 0.2) is 42.5 Å². The van der Waals surface area contributed by atoms with Crippen molar-refractivity contribution in [2.24, 2.45) is 0 Å². The zero-order chi connectivity index (χ0) is 25.4. The van der Waals surface area contributed by atoms with E-state index in [0.717, 1.165) is 36.8 Å². The van der Waals surface area contributed by atoms with E-state index >= 15 is 0 Å². The Morgan fingerprint density at radius 2 is 1.86 bits per heavy atom. The molecule has 2 aromatic carbocycles. The van der Waals surface area contributed by atoms with Gasteiger partial charge < -0.3 is 19.7 Å². The monoisotopic (exact) mass is 483 g/mol. The average molecular weight is 484 g/mol. The van der Waals surface area contributed by atoms with Crippen molar-refractivity contribution in [3.05, 3.63) is 63.7 Å². The summed E-state index contributed by atoms with van der Waals surface area (Å²) in [5, 5.41) is 14.2. The van der Waals surface area contributed by atoms with Crippen LogP contribution in [0.25, 0.3) is 0 Å². The Hall–Kier alpha value is -3.62. The van der Waals surface area contributed by atoms with Crippen molar-refractivity contribution in [3.63, 3.8) is 0 Å². The standard InChI is InChI=1S/C26H33N3O6/c1-4-22(26(31)27-20-7-5-6-8-20)28(16-19-11-9-18(2)10-12-19)25(30)17-35-21-13-14-23(29(32)33)24(15-21)34-3/h9-15,20,22H,4-8,16-17H2,1-3H3,(H,27,31)/t22-/m1/s1. The van der Waals surface area contributed by atoms with Crippen LogP contribution < -0.4 is 14.8 Å². The third-order valence-corrected chi connectivity index (χ3v) is 6.27. The second-order valence-electron chi connectivity index (χ2n) is 8.80. The minimum atomic E-state index is -0.639. The number of carbonyl (C=O) groups excluding carboxylic acids is 2. The Balaban J connectivity index is 1.77. The van der Waals surface area contributed by atoms with Gasteiger partial charge in [0.25, 0.3) is 5.91 Å². The summed E-state index contributed by atoms with van der Waals surface area (Å²) >= 11 is 0. The number of benzene rings is 2. The van der Waals surface area contributed by atoms with Crippen LogP contribution in [0.4, 0.5) is 5.69 Å². The number of methoxy groups -OCH3 is 1. The first kappa shape index (κ1) is 26.0. The maximum atomic E-state index is 13.3. The number of hydrogen-bond donors (Lipinski definition) is 1. The second-order valence-corrected chi connectivity index (χ2v) is 8.80. The fourth-order valence-electron chi connectivity index (χ4n) is 4.30. The van der Waals surface area contributed by atoms with Gasteiger partial charge in [0.2, 0.25) is 11.7 Å². The lowest BCUT2D eigenvalue weighted by atomic mass is 10.1. The summed E-state index contributed by atoms with van der Waals surface area (Å²) in [6.07, 6.45) is 4.57. The molecule has 1 N–H and O–H groups in total. The molecule has 9 heteroatoms. The molecule has 0 saturated heterocycles. The van der Waals surface area contributed by atoms with Crippen LogP contribution in [-0.4, -0.2) is 47.4 Å². The number of hydrogen-bond acceptors (Lipinski definition) is 6. The molecule has 2 amide bonds. The van der Waals surface area contributed by atoms with Gasteiger partial charge in [0, 0.05) is 24.7 Å². The number of nitrogens with one attached hydrogen (secondary N) is 1. The molecule has 0 bridgehead atoms. The van der Waals surface area contributed by atoms with Gasteiger partial charge in [-0.1, -0.05) is 49.6 Å². The van der Waals surface area contributed by atoms with E-state index in [9.17, 15) is 19.7 Å². The van der Waals surface area contributed by atoms with Gasteiger partial charge in [0.05, 0.1) is 12.0 Å². The highest BCUT2D eigenvalue weighted by Gasteiger charge is 2.31. The minimum absolute atomic E-state index is 0.0406. The molecular weight excluding hydrogens is 450 g/mol. The number of nitro groups is 1. The van der Waals surface area contributed by atoms with E-state index in [1.807, 2.05) is 38.1 Å². The van der Waals surface area contributed by atoms with Crippen LogP contribution in [-0.2, 0) is 16.1 Å². The lowest BCUT2D eigenvalue weighted by Gasteiger charge is -2.31. The highest BCUT2D eigenvalue weighted by atomic mass is 16.6. The average Bonchev–Trinajstić information content (AvgIpc) is 3.36. The molecular formula is C26H33N3O6. The zero-order valence-electron chi connectivity index (χ0n) is 20.5. The fourth-order valence-corrected chi connectivity index (χ4v) is 4.30. The Labute approximate surface area is 205 Å². The van der Waals surface area contributed by atoms with E-state index < -0.39 is 11.0 Å². The Morgan fingerprint density at radius 1 is 1.17 bits per heavy atom. The molecule has 0 aromatic heterocycles. The summed E-state index contributed by atoms with van der Waals surface area (Å²) < 4.78 is 10.7. The Morgan fingerprint density at radius 3 is 2.46 bits per heavy atom. The van der Waals surface area contributed by atoms with Gasteiger partial charge in [-0.05, 0) is 37.8 Å². The predicted octanol–water partition coefficient (Wildman–Crippen LogP) is 4.16. The molecule has 9 nitrogen and oxygen atoms in total. The second kappa shape index (κ2) is 12.2. The molecule has 0 heterocycles. The van der Waals surface area contributed by atoms with E-state index in [1.165, 1.54) is 25.3 Å². The van der Waals surface area contributed by atoms with Gasteiger partial charge >= 0.3 is 5.69 Å². The van der Waals surface area contributed by atoms with E-state index in [-0.39, 0.29) is 48.2 Å². The van der Waals surface area contributed by atoms with Crippen molar-refractivity contribution in [1.82, 2.24) is 10.2 Å². The van der Waals surface area contributed by atoms with Gasteiger partial charge in [0.15, 0.2) is 6.61 Å². The number of rotatable bonds is 11. The summed E-state index contributed by atoms with van der Waals surface area (Å²) in [5.74, 6) is -0.202. The van der Waals surface area contributed by atoms with Crippen LogP contribution in [0.5, 0.6) is 11.5 Å². The molecule has 188 valence electrons. The highest BCUT2D eigenvalue weighted by molar-refractivity contribution is 5.88. The van der Waals surface area contributed by atoms with Crippen molar-refractivity contribution in [1.29, 1.82) is 0 Å². The van der Waals surface area contributed by atoms with Crippen LogP contribution >= 0.6 is 0 Å². The summed E-state index contributed by atoms with van der Waals surface area (Å²) in [5.41, 5.74) is 1.82. The Kier molecular flexibility index (Phi) is 9.05. The number of aryl methyl sites for hydroxylation is 1. The summed E-state index contributed by atoms with van der Waals surface area (Å²) in [6, 6.07) is 11.4. The van der Waals surface area contributed by atoms with Crippen molar-refractivity contribution in [3.8, 4) is 11.5 Å². The predicted molar refractivity (Wildman–Crippen MR) is 131 cm³/mol. The Bertz CT molecular complexity index is 1030. The zero-order valence-corrected chi connectivity index (χ0v) is 20.5. The van der Waals surface area contributed by atoms with Crippen LogP contribution in [0.2, 0.25) is 0 Å². The minimum Gasteiger partial charge on any atom is -0.490 e. The van der Waals surface area contributed by atoms with E-state index in [1.54, 1.807) is 4.90 Å². The summed E-state index contributed by atoms with van der Waals surface area (Å²) in [6.45, 7) is 3.82. The normalized spacial score (nSPS) is 14.3. The molecule has 2 aromatic rings. The molecule has 0 aliphatic heterocycles. The smallest absolute Gasteiger partial charge is 0.311 e. The van der Waals surface area contributed by atoms with E-state index in [2.05, 4.69) is 5.32 Å². The fraction of sp³-hybridized carbons (Fsp3) is 0.462. The van der Waals surface area contributed by atoms with Gasteiger partial charge in [0.1, 0.15) is 11.8 Å². The highest BCUT2D eigenvalue weighted by Crippen LogP contribution is 2.31. The van der Waals surface area contributed by atoms with E-state index in [0.29, 0.717) is 6.42 Å². The summed E-state index contributed by atoms with van der Waals surface area (Å²) in [7, 11) is 1.33. The topological polar surface area (TPSA) is 111 Å². The number of nitrogens with zero attached hydrogens (tertiary/aromatic N) is 2. The first-order valence-corrected chi connectivity index (χ1v) is 11.9. The van der Waals surface area contributed by atoms with Gasteiger partial charge in [-0.25, -0.2) is 0 Å². The van der Waals surface area contributed by atoms with Crippen LogP contribution in [0.1, 0.15) is 50.2 Å². The largest absolute Gasteiger partial charge is 0.490 e. The van der Waals surface area contributed by atoms with Crippen molar-refractivity contribution in [2.75, 3.05) is 13.7 Å². The molecule has 1 aliphatic carbocycles. The molecule has 3 rings (SSSR count). The number of amides is 2. The van der Waals surface area contributed by atoms with Crippen LogP contribution in [0, 0.1) is 17.0 Å². The molecule has 1 fully saturated rings. The molecule has 0 radical (unpaired) electrons. The number of nitro benzene ring substituents is 1. The van der Waals surface area contributed by atoms with Crippen molar-refractivity contribution in [2.45, 2.75) is 64.6 Å². The maximum absolute atomic E-state index is 13.3. The molecule has 0 spiro atoms. The molecule has 1 aliphatic rings. The van der Waals surface area contributed by atoms with Crippen LogP contribution in [0.3, 0.4) is 0 Å². The first-order valence-electron chi connectivity index (χ1n) is 11.9. The lowest BCUT2D eigenvalue weighted by molar-refractivity contribution is -0.385. The third-order valence-electron chi connectivity index (χ3n) is 6.27. The van der Waals surface area contributed by atoms with Crippen molar-refractivity contribution >= 4 is 17.5 Å². The molecule has 0 unspecified atom stereocenters. The maximum Gasteiger partial charge on any atom is 0.311 e.